The van der Waals surface area contributed by atoms with Gasteiger partial charge in [0.25, 0.3) is 4.74 Å². The molecular weight excluding hydrogens is 238 g/mol. The summed E-state index contributed by atoms with van der Waals surface area (Å²) in [7, 11) is 0. The number of nitrogens with zero attached hydrogens (tertiary/aromatic N) is 3. The van der Waals surface area contributed by atoms with E-state index in [-0.39, 0.29) is 15.2 Å². The van der Waals surface area contributed by atoms with Crippen LogP contribution in [0.5, 0.6) is 0 Å². The molecule has 1 aliphatic rings. The van der Waals surface area contributed by atoms with Crippen LogP contribution < -0.4 is 0 Å². The normalized spacial score (nSPS) is 19.6. The number of aliphatic imine (C=N–C) groups is 1. The molecule has 0 atom stereocenters. The fourth-order valence-corrected chi connectivity index (χ4v) is 2.22. The van der Waals surface area contributed by atoms with E-state index < -0.39 is 0 Å². The average molecular weight is 249 g/mol. The van der Waals surface area contributed by atoms with Crippen LogP contribution >= 0.6 is 15.9 Å². The van der Waals surface area contributed by atoms with Crippen molar-refractivity contribution in [2.45, 2.75) is 13.8 Å². The molecule has 0 aliphatic carbocycles. The van der Waals surface area contributed by atoms with Crippen LogP contribution in [0.15, 0.2) is 17.0 Å². The van der Waals surface area contributed by atoms with E-state index >= 15 is 0 Å². The van der Waals surface area contributed by atoms with E-state index in [1.165, 1.54) is 6.20 Å². The molecule has 0 fully saturated rings. The van der Waals surface area contributed by atoms with Crippen LogP contribution in [-0.2, 0) is 0 Å². The molecule has 1 aliphatic heterocycles. The maximum Gasteiger partial charge on any atom is 0.453 e. The molecule has 0 aromatic heterocycles. The van der Waals surface area contributed by atoms with Crippen LogP contribution in [0, 0.1) is 10.1 Å². The van der Waals surface area contributed by atoms with Crippen LogP contribution in [0.2, 0.25) is 0 Å². The summed E-state index contributed by atoms with van der Waals surface area (Å²) in [6.45, 7) is 5.08. The third kappa shape index (κ3) is 1.40. The summed E-state index contributed by atoms with van der Waals surface area (Å²) in [5, 5.41) is 10.7. The molecule has 0 saturated heterocycles. The van der Waals surface area contributed by atoms with E-state index in [0.29, 0.717) is 17.8 Å². The fraction of sp³-hybridized carbons (Fsp3) is 0.571. The van der Waals surface area contributed by atoms with Crippen molar-refractivity contribution in [3.8, 4) is 0 Å². The van der Waals surface area contributed by atoms with E-state index in [1.807, 2.05) is 13.8 Å². The lowest BCUT2D eigenvalue weighted by atomic mass is 10.4. The highest BCUT2D eigenvalue weighted by atomic mass is 79.9. The van der Waals surface area contributed by atoms with Crippen molar-refractivity contribution >= 4 is 20.7 Å². The van der Waals surface area contributed by atoms with Gasteiger partial charge in [-0.2, -0.15) is 9.48 Å². The molecule has 1 heterocycles. The van der Waals surface area contributed by atoms with E-state index in [0.717, 1.165) is 0 Å². The van der Waals surface area contributed by atoms with Gasteiger partial charge in [-0.3, -0.25) is 10.1 Å². The van der Waals surface area contributed by atoms with Crippen LogP contribution in [0.1, 0.15) is 13.8 Å². The summed E-state index contributed by atoms with van der Waals surface area (Å²) in [6, 6.07) is 0. The second-order valence-corrected chi connectivity index (χ2v) is 3.45. The first-order valence-electron chi connectivity index (χ1n) is 4.04. The largest absolute Gasteiger partial charge is 0.453 e. The lowest BCUT2D eigenvalue weighted by Gasteiger charge is -2.26. The Morgan fingerprint density at radius 2 is 2.15 bits per heavy atom. The molecule has 0 amide bonds. The van der Waals surface area contributed by atoms with Gasteiger partial charge in [-0.15, -0.1) is 0 Å². The number of quaternary nitrogens is 1. The van der Waals surface area contributed by atoms with E-state index in [1.54, 1.807) is 0 Å². The highest BCUT2D eigenvalue weighted by Gasteiger charge is 2.46. The first-order valence-corrected chi connectivity index (χ1v) is 4.84. The maximum absolute atomic E-state index is 10.7. The Hall–Kier alpha value is -0.750. The third-order valence-corrected chi connectivity index (χ3v) is 3.23. The highest BCUT2D eigenvalue weighted by molar-refractivity contribution is 9.18. The second-order valence-electron chi connectivity index (χ2n) is 2.74. The molecule has 72 valence electrons. The number of nitro groups is 1. The quantitative estimate of drug-likeness (QED) is 0.330. The molecule has 0 unspecified atom stereocenters. The molecule has 13 heavy (non-hydrogen) atoms. The maximum atomic E-state index is 10.7. The van der Waals surface area contributed by atoms with Gasteiger partial charge in [-0.1, -0.05) is 0 Å². The molecule has 0 spiro atoms. The monoisotopic (exact) mass is 248 g/mol. The van der Waals surface area contributed by atoms with Crippen LogP contribution in [0.3, 0.4) is 0 Å². The van der Waals surface area contributed by atoms with Gasteiger partial charge in [0.1, 0.15) is 4.92 Å². The first-order chi connectivity index (χ1) is 6.08. The molecule has 5 nitrogen and oxygen atoms in total. The van der Waals surface area contributed by atoms with Crippen LogP contribution in [0.4, 0.5) is 0 Å². The number of rotatable bonds is 3. The van der Waals surface area contributed by atoms with E-state index in [9.17, 15) is 10.1 Å². The van der Waals surface area contributed by atoms with Crippen molar-refractivity contribution in [1.82, 2.24) is 0 Å². The Labute approximate surface area is 84.6 Å². The highest BCUT2D eigenvalue weighted by Crippen LogP contribution is 2.27. The minimum absolute atomic E-state index is 0.136. The molecule has 0 saturated carbocycles. The van der Waals surface area contributed by atoms with Gasteiger partial charge in [-0.05, 0) is 13.8 Å². The molecule has 0 radical (unpaired) electrons. The standard InChI is InChI=1S/C7H11BrN3O2/c1-3-11(4-2)6(10(12)13)5-9-7(11)8/h5H,3-4H2,1-2H3/q+1. The van der Waals surface area contributed by atoms with Gasteiger partial charge in [-0.25, -0.2) is 0 Å². The zero-order chi connectivity index (χ0) is 10.1. The number of halogens is 1. The summed E-state index contributed by atoms with van der Waals surface area (Å²) >= 11 is 3.26. The van der Waals surface area contributed by atoms with Crippen LogP contribution in [0.25, 0.3) is 0 Å². The molecule has 0 N–H and O–H groups in total. The summed E-state index contributed by atoms with van der Waals surface area (Å²) in [6.07, 6.45) is 1.32. The minimum atomic E-state index is -0.370. The Bertz CT molecular complexity index is 294. The smallest absolute Gasteiger partial charge is 0.254 e. The van der Waals surface area contributed by atoms with Gasteiger partial charge in [0.2, 0.25) is 0 Å². The molecule has 6 heteroatoms. The zero-order valence-electron chi connectivity index (χ0n) is 7.53. The van der Waals surface area contributed by atoms with Crippen molar-refractivity contribution in [2.75, 3.05) is 13.1 Å². The molecular formula is C7H11BrN3O2+. The van der Waals surface area contributed by atoms with Crippen molar-refractivity contribution in [1.29, 1.82) is 0 Å². The Balaban J connectivity index is 3.10. The third-order valence-electron chi connectivity index (χ3n) is 2.35. The SMILES string of the molecule is CC[N+]1(CC)C([N+](=O)[O-])=CN=C1Br. The predicted octanol–water partition coefficient (Wildman–Crippen LogP) is 1.68. The summed E-state index contributed by atoms with van der Waals surface area (Å²) in [5.74, 6) is 0.136. The number of amidine groups is 1. The minimum Gasteiger partial charge on any atom is -0.254 e. The summed E-state index contributed by atoms with van der Waals surface area (Å²) < 4.78 is 0.816. The van der Waals surface area contributed by atoms with Crippen molar-refractivity contribution < 1.29 is 9.41 Å². The Kier molecular flexibility index (Phi) is 2.82. The lowest BCUT2D eigenvalue weighted by molar-refractivity contribution is -0.857. The van der Waals surface area contributed by atoms with Gasteiger partial charge in [0.05, 0.1) is 13.1 Å². The van der Waals surface area contributed by atoms with Crippen molar-refractivity contribution in [3.63, 3.8) is 0 Å². The second kappa shape index (κ2) is 3.55. The van der Waals surface area contributed by atoms with Gasteiger partial charge in [0, 0.05) is 15.9 Å². The molecule has 0 bridgehead atoms. The molecule has 0 aromatic rings. The molecule has 1 rings (SSSR count). The van der Waals surface area contributed by atoms with Gasteiger partial charge >= 0.3 is 5.82 Å². The predicted molar refractivity (Wildman–Crippen MR) is 52.8 cm³/mol. The van der Waals surface area contributed by atoms with Gasteiger partial charge < -0.3 is 0 Å². The Morgan fingerprint density at radius 3 is 2.46 bits per heavy atom. The first kappa shape index (κ1) is 10.3. The van der Waals surface area contributed by atoms with E-state index in [4.69, 9.17) is 0 Å². The summed E-state index contributed by atoms with van der Waals surface area (Å²) in [4.78, 5) is 14.3. The van der Waals surface area contributed by atoms with Gasteiger partial charge in [0.15, 0.2) is 6.20 Å². The fourth-order valence-electron chi connectivity index (χ4n) is 1.44. The summed E-state index contributed by atoms with van der Waals surface area (Å²) in [5.41, 5.74) is 0. The van der Waals surface area contributed by atoms with E-state index in [2.05, 4.69) is 20.9 Å². The Morgan fingerprint density at radius 1 is 1.62 bits per heavy atom. The number of hydrogen-bond donors (Lipinski definition) is 0. The van der Waals surface area contributed by atoms with Crippen molar-refractivity contribution in [3.05, 3.63) is 22.1 Å². The van der Waals surface area contributed by atoms with Crippen LogP contribution in [-0.4, -0.2) is 27.2 Å². The average Bonchev–Trinajstić information content (AvgIpc) is 2.43. The topological polar surface area (TPSA) is 55.5 Å². The molecule has 0 aromatic carbocycles. The van der Waals surface area contributed by atoms with Crippen molar-refractivity contribution in [2.24, 2.45) is 4.99 Å². The lowest BCUT2D eigenvalue weighted by Crippen LogP contribution is -2.49. The zero-order valence-corrected chi connectivity index (χ0v) is 9.11. The number of hydrogen-bond acceptors (Lipinski definition) is 3.